The number of nitrogens with zero attached hydrogens (tertiary/aromatic N) is 2. The second kappa shape index (κ2) is 5.85. The van der Waals surface area contributed by atoms with Crippen LogP contribution in [0.1, 0.15) is 11.1 Å². The van der Waals surface area contributed by atoms with Crippen LogP contribution in [0.4, 0.5) is 0 Å². The van der Waals surface area contributed by atoms with Crippen molar-refractivity contribution in [3.63, 3.8) is 0 Å². The average molecular weight is 305 g/mol. The van der Waals surface area contributed by atoms with Gasteiger partial charge < -0.3 is 0 Å². The molecule has 0 N–H and O–H groups in total. The summed E-state index contributed by atoms with van der Waals surface area (Å²) >= 11 is 4.89. The first kappa shape index (κ1) is 12.2. The number of hydrogen-bond donors (Lipinski definition) is 0. The molecule has 0 unspecified atom stereocenters. The SMILES string of the molecule is N#Cc1cc(Br)cnc1SCc1ccccc1. The predicted molar refractivity (Wildman–Crippen MR) is 72.7 cm³/mol. The number of benzene rings is 1. The minimum atomic E-state index is 0.611. The lowest BCUT2D eigenvalue weighted by Crippen LogP contribution is -1.88. The van der Waals surface area contributed by atoms with Crippen LogP contribution in [0.3, 0.4) is 0 Å². The Labute approximate surface area is 113 Å². The van der Waals surface area contributed by atoms with Crippen LogP contribution < -0.4 is 0 Å². The summed E-state index contributed by atoms with van der Waals surface area (Å²) in [6.07, 6.45) is 1.72. The Hall–Kier alpha value is -1.31. The van der Waals surface area contributed by atoms with Gasteiger partial charge in [0, 0.05) is 16.4 Å². The Morgan fingerprint density at radius 2 is 2.06 bits per heavy atom. The van der Waals surface area contributed by atoms with E-state index in [0.717, 1.165) is 15.3 Å². The van der Waals surface area contributed by atoms with Crippen molar-refractivity contribution in [2.75, 3.05) is 0 Å². The molecule has 0 amide bonds. The standard InChI is InChI=1S/C13H9BrN2S/c14-12-6-11(7-15)13(16-8-12)17-9-10-4-2-1-3-5-10/h1-6,8H,9H2. The maximum atomic E-state index is 9.02. The van der Waals surface area contributed by atoms with Gasteiger partial charge in [-0.15, -0.1) is 11.8 Å². The molecule has 1 heterocycles. The van der Waals surface area contributed by atoms with Crippen molar-refractivity contribution in [3.8, 4) is 6.07 Å². The van der Waals surface area contributed by atoms with Gasteiger partial charge in [0.2, 0.25) is 0 Å². The Morgan fingerprint density at radius 1 is 1.29 bits per heavy atom. The fourth-order valence-corrected chi connectivity index (χ4v) is 2.56. The molecule has 2 rings (SSSR count). The van der Waals surface area contributed by atoms with Crippen molar-refractivity contribution in [2.24, 2.45) is 0 Å². The molecule has 0 saturated carbocycles. The topological polar surface area (TPSA) is 36.7 Å². The van der Waals surface area contributed by atoms with Gasteiger partial charge in [0.25, 0.3) is 0 Å². The van der Waals surface area contributed by atoms with Gasteiger partial charge in [0.15, 0.2) is 0 Å². The van der Waals surface area contributed by atoms with E-state index in [9.17, 15) is 0 Å². The lowest BCUT2D eigenvalue weighted by atomic mass is 10.2. The molecule has 1 aromatic heterocycles. The summed E-state index contributed by atoms with van der Waals surface area (Å²) in [4.78, 5) is 4.26. The van der Waals surface area contributed by atoms with Gasteiger partial charge in [-0.05, 0) is 27.6 Å². The normalized spacial score (nSPS) is 9.88. The monoisotopic (exact) mass is 304 g/mol. The molecule has 0 aliphatic heterocycles. The van der Waals surface area contributed by atoms with Gasteiger partial charge in [-0.3, -0.25) is 0 Å². The Morgan fingerprint density at radius 3 is 2.76 bits per heavy atom. The van der Waals surface area contributed by atoms with Crippen LogP contribution in [-0.2, 0) is 5.75 Å². The van der Waals surface area contributed by atoms with Crippen molar-refractivity contribution >= 4 is 27.7 Å². The third-order valence-electron chi connectivity index (χ3n) is 2.16. The number of aromatic nitrogens is 1. The largest absolute Gasteiger partial charge is 0.247 e. The fraction of sp³-hybridized carbons (Fsp3) is 0.0769. The Bertz CT molecular complexity index is 549. The number of hydrogen-bond acceptors (Lipinski definition) is 3. The first-order valence-electron chi connectivity index (χ1n) is 5.02. The molecular formula is C13H9BrN2S. The van der Waals surface area contributed by atoms with E-state index in [-0.39, 0.29) is 0 Å². The van der Waals surface area contributed by atoms with Crippen LogP contribution in [0, 0.1) is 11.3 Å². The second-order valence-corrected chi connectivity index (χ2v) is 5.27. The maximum absolute atomic E-state index is 9.02. The Kier molecular flexibility index (Phi) is 4.18. The molecule has 2 nitrogen and oxygen atoms in total. The zero-order valence-corrected chi connectivity index (χ0v) is 11.3. The van der Waals surface area contributed by atoms with E-state index < -0.39 is 0 Å². The van der Waals surface area contributed by atoms with Crippen LogP contribution in [0.15, 0.2) is 52.1 Å². The highest BCUT2D eigenvalue weighted by Crippen LogP contribution is 2.25. The minimum absolute atomic E-state index is 0.611. The molecule has 0 aliphatic rings. The zero-order valence-electron chi connectivity index (χ0n) is 8.93. The van der Waals surface area contributed by atoms with E-state index in [4.69, 9.17) is 5.26 Å². The maximum Gasteiger partial charge on any atom is 0.114 e. The van der Waals surface area contributed by atoms with Crippen LogP contribution >= 0.6 is 27.7 Å². The van der Waals surface area contributed by atoms with Crippen LogP contribution in [-0.4, -0.2) is 4.98 Å². The quantitative estimate of drug-likeness (QED) is 0.804. The molecule has 17 heavy (non-hydrogen) atoms. The third kappa shape index (κ3) is 3.32. The number of nitriles is 1. The lowest BCUT2D eigenvalue weighted by molar-refractivity contribution is 1.10. The van der Waals surface area contributed by atoms with E-state index in [1.54, 1.807) is 24.0 Å². The summed E-state index contributed by atoms with van der Waals surface area (Å²) in [5.41, 5.74) is 1.84. The van der Waals surface area contributed by atoms with Gasteiger partial charge in [0.05, 0.1) is 5.56 Å². The molecule has 0 spiro atoms. The number of pyridine rings is 1. The highest BCUT2D eigenvalue weighted by Gasteiger charge is 2.05. The summed E-state index contributed by atoms with van der Waals surface area (Å²) in [5.74, 6) is 0.824. The van der Waals surface area contributed by atoms with E-state index in [1.165, 1.54) is 5.56 Å². The third-order valence-corrected chi connectivity index (χ3v) is 3.67. The Balaban J connectivity index is 2.12. The van der Waals surface area contributed by atoms with Gasteiger partial charge in [-0.2, -0.15) is 5.26 Å². The predicted octanol–water partition coefficient (Wildman–Crippen LogP) is 4.01. The lowest BCUT2D eigenvalue weighted by Gasteiger charge is -2.03. The fourth-order valence-electron chi connectivity index (χ4n) is 1.35. The molecule has 0 bridgehead atoms. The van der Waals surface area contributed by atoms with Gasteiger partial charge in [0.1, 0.15) is 11.1 Å². The van der Waals surface area contributed by atoms with Crippen LogP contribution in [0.2, 0.25) is 0 Å². The van der Waals surface area contributed by atoms with Crippen molar-refractivity contribution < 1.29 is 0 Å². The summed E-state index contributed by atoms with van der Waals surface area (Å²) in [6, 6.07) is 14.1. The van der Waals surface area contributed by atoms with E-state index in [1.807, 2.05) is 18.2 Å². The van der Waals surface area contributed by atoms with E-state index in [0.29, 0.717) is 5.56 Å². The first-order chi connectivity index (χ1) is 8.29. The molecule has 0 saturated heterocycles. The van der Waals surface area contributed by atoms with Gasteiger partial charge >= 0.3 is 0 Å². The van der Waals surface area contributed by atoms with Gasteiger partial charge in [-0.1, -0.05) is 30.3 Å². The highest BCUT2D eigenvalue weighted by atomic mass is 79.9. The van der Waals surface area contributed by atoms with Crippen LogP contribution in [0.5, 0.6) is 0 Å². The molecule has 2 aromatic rings. The molecule has 0 aliphatic carbocycles. The van der Waals surface area contributed by atoms with Gasteiger partial charge in [-0.25, -0.2) is 4.98 Å². The average Bonchev–Trinajstić information content (AvgIpc) is 2.38. The first-order valence-corrected chi connectivity index (χ1v) is 6.80. The number of halogens is 1. The number of thioether (sulfide) groups is 1. The molecule has 4 heteroatoms. The molecule has 1 aromatic carbocycles. The van der Waals surface area contributed by atoms with E-state index >= 15 is 0 Å². The van der Waals surface area contributed by atoms with Crippen molar-refractivity contribution in [3.05, 3.63) is 58.2 Å². The molecule has 0 atom stereocenters. The molecule has 84 valence electrons. The van der Waals surface area contributed by atoms with Crippen LogP contribution in [0.25, 0.3) is 0 Å². The van der Waals surface area contributed by atoms with Crippen molar-refractivity contribution in [1.29, 1.82) is 5.26 Å². The van der Waals surface area contributed by atoms with Crippen molar-refractivity contribution in [1.82, 2.24) is 4.98 Å². The zero-order chi connectivity index (χ0) is 12.1. The minimum Gasteiger partial charge on any atom is -0.247 e. The summed E-state index contributed by atoms with van der Waals surface area (Å²) in [5, 5.41) is 9.79. The molecule has 0 fully saturated rings. The summed E-state index contributed by atoms with van der Waals surface area (Å²) in [6.45, 7) is 0. The van der Waals surface area contributed by atoms with E-state index in [2.05, 4.69) is 39.1 Å². The number of rotatable bonds is 3. The molecular weight excluding hydrogens is 296 g/mol. The van der Waals surface area contributed by atoms with Crippen molar-refractivity contribution in [2.45, 2.75) is 10.8 Å². The summed E-state index contributed by atoms with van der Waals surface area (Å²) < 4.78 is 0.832. The smallest absolute Gasteiger partial charge is 0.114 e. The highest BCUT2D eigenvalue weighted by molar-refractivity contribution is 9.10. The molecule has 0 radical (unpaired) electrons. The second-order valence-electron chi connectivity index (χ2n) is 3.39. The summed E-state index contributed by atoms with van der Waals surface area (Å²) in [7, 11) is 0.